The highest BCUT2D eigenvalue weighted by atomic mass is 32.1. The molecule has 0 aliphatic carbocycles. The summed E-state index contributed by atoms with van der Waals surface area (Å²) in [4.78, 5) is 6.84. The highest BCUT2D eigenvalue weighted by Crippen LogP contribution is 2.39. The lowest BCUT2D eigenvalue weighted by Gasteiger charge is -2.37. The standard InChI is InChI=1S/C25H26N4O4S/c1-4-12-29-15(3)21(22(26-25(29)34)16-6-9-18(10-7-16)30-5-2)24-27-23(28-33-24)17-8-11-19-20(13-17)32-14-31-19/h6-11,13,22H,4-5,12,14H2,1-3H3,(H,26,34). The highest BCUT2D eigenvalue weighted by Gasteiger charge is 2.34. The van der Waals surface area contributed by atoms with Crippen LogP contribution in [0.4, 0.5) is 0 Å². The first-order valence-corrected chi connectivity index (χ1v) is 11.8. The molecule has 0 bridgehead atoms. The first kappa shape index (κ1) is 22.2. The average Bonchev–Trinajstić information content (AvgIpc) is 3.51. The Balaban J connectivity index is 1.54. The maximum atomic E-state index is 5.80. The van der Waals surface area contributed by atoms with E-state index in [9.17, 15) is 0 Å². The fourth-order valence-corrected chi connectivity index (χ4v) is 4.56. The third-order valence-electron chi connectivity index (χ3n) is 5.86. The molecule has 0 amide bonds. The van der Waals surface area contributed by atoms with Crippen molar-refractivity contribution in [2.45, 2.75) is 33.2 Å². The van der Waals surface area contributed by atoms with Gasteiger partial charge in [-0.25, -0.2) is 0 Å². The molecule has 2 aliphatic rings. The van der Waals surface area contributed by atoms with Crippen LogP contribution in [0.2, 0.25) is 0 Å². The van der Waals surface area contributed by atoms with E-state index in [0.29, 0.717) is 34.9 Å². The molecule has 5 rings (SSSR count). The van der Waals surface area contributed by atoms with Gasteiger partial charge in [0.2, 0.25) is 12.6 Å². The Morgan fingerprint density at radius 3 is 2.68 bits per heavy atom. The van der Waals surface area contributed by atoms with Crippen LogP contribution >= 0.6 is 12.2 Å². The number of nitrogens with one attached hydrogen (secondary N) is 1. The monoisotopic (exact) mass is 478 g/mol. The SMILES string of the molecule is CCCN1C(=S)NC(c2ccc(OCC)cc2)C(c2nc(-c3ccc4c(c3)OCO4)no2)=C1C. The fraction of sp³-hybridized carbons (Fsp3) is 0.320. The smallest absolute Gasteiger partial charge is 0.258 e. The van der Waals surface area contributed by atoms with Crippen LogP contribution in [0.1, 0.15) is 44.7 Å². The predicted octanol–water partition coefficient (Wildman–Crippen LogP) is 4.94. The zero-order valence-electron chi connectivity index (χ0n) is 19.3. The van der Waals surface area contributed by atoms with Gasteiger partial charge in [0.25, 0.3) is 5.89 Å². The topological polar surface area (TPSA) is 81.9 Å². The number of rotatable bonds is 7. The van der Waals surface area contributed by atoms with E-state index < -0.39 is 0 Å². The molecule has 0 fully saturated rings. The lowest BCUT2D eigenvalue weighted by atomic mass is 9.94. The Kier molecular flexibility index (Phi) is 6.10. The zero-order valence-corrected chi connectivity index (χ0v) is 20.1. The van der Waals surface area contributed by atoms with E-state index in [1.165, 1.54) is 0 Å². The summed E-state index contributed by atoms with van der Waals surface area (Å²) >= 11 is 5.71. The van der Waals surface area contributed by atoms with Gasteiger partial charge in [0.05, 0.1) is 18.2 Å². The lowest BCUT2D eigenvalue weighted by molar-refractivity contribution is 0.174. The van der Waals surface area contributed by atoms with Crippen LogP contribution in [0, 0.1) is 0 Å². The van der Waals surface area contributed by atoms with Crippen LogP contribution in [0.3, 0.4) is 0 Å². The number of hydrogen-bond acceptors (Lipinski definition) is 7. The molecule has 3 aromatic rings. The zero-order chi connectivity index (χ0) is 23.7. The van der Waals surface area contributed by atoms with Crippen molar-refractivity contribution in [3.63, 3.8) is 0 Å². The fourth-order valence-electron chi connectivity index (χ4n) is 4.21. The number of hydrogen-bond donors (Lipinski definition) is 1. The summed E-state index contributed by atoms with van der Waals surface area (Å²) < 4.78 is 22.3. The number of nitrogens with zero attached hydrogens (tertiary/aromatic N) is 3. The van der Waals surface area contributed by atoms with E-state index in [4.69, 9.17) is 35.9 Å². The normalized spacial score (nSPS) is 17.2. The summed E-state index contributed by atoms with van der Waals surface area (Å²) in [7, 11) is 0. The molecule has 0 radical (unpaired) electrons. The number of benzene rings is 2. The molecule has 8 nitrogen and oxygen atoms in total. The molecule has 3 heterocycles. The average molecular weight is 479 g/mol. The first-order valence-electron chi connectivity index (χ1n) is 11.3. The maximum absolute atomic E-state index is 5.80. The Bertz CT molecular complexity index is 1240. The predicted molar refractivity (Wildman–Crippen MR) is 132 cm³/mol. The molecule has 176 valence electrons. The van der Waals surface area contributed by atoms with Gasteiger partial charge in [-0.15, -0.1) is 0 Å². The van der Waals surface area contributed by atoms with Gasteiger partial charge in [-0.1, -0.05) is 24.2 Å². The molecule has 0 saturated heterocycles. The van der Waals surface area contributed by atoms with Crippen molar-refractivity contribution in [2.75, 3.05) is 19.9 Å². The number of aromatic nitrogens is 2. The van der Waals surface area contributed by atoms with Crippen LogP contribution in [0.15, 0.2) is 52.7 Å². The van der Waals surface area contributed by atoms with Crippen LogP contribution < -0.4 is 19.5 Å². The molecule has 1 aromatic heterocycles. The van der Waals surface area contributed by atoms with Crippen LogP contribution in [0.25, 0.3) is 17.0 Å². The van der Waals surface area contributed by atoms with Crippen molar-refractivity contribution in [3.05, 3.63) is 59.6 Å². The van der Waals surface area contributed by atoms with Gasteiger partial charge in [0.1, 0.15) is 5.75 Å². The van der Waals surface area contributed by atoms with Crippen molar-refractivity contribution in [3.8, 4) is 28.6 Å². The quantitative estimate of drug-likeness (QED) is 0.475. The minimum absolute atomic E-state index is 0.213. The minimum Gasteiger partial charge on any atom is -0.494 e. The summed E-state index contributed by atoms with van der Waals surface area (Å²) in [5.74, 6) is 3.13. The van der Waals surface area contributed by atoms with Gasteiger partial charge in [0, 0.05) is 17.8 Å². The molecular formula is C25H26N4O4S. The second-order valence-electron chi connectivity index (χ2n) is 8.03. The van der Waals surface area contributed by atoms with E-state index >= 15 is 0 Å². The number of ether oxygens (including phenoxy) is 3. The van der Waals surface area contributed by atoms with E-state index in [1.807, 2.05) is 56.3 Å². The summed E-state index contributed by atoms with van der Waals surface area (Å²) in [5, 5.41) is 8.42. The van der Waals surface area contributed by atoms with Gasteiger partial charge in [-0.05, 0) is 68.4 Å². The van der Waals surface area contributed by atoms with E-state index in [1.54, 1.807) is 0 Å². The number of allylic oxidation sites excluding steroid dienone is 1. The van der Waals surface area contributed by atoms with Gasteiger partial charge >= 0.3 is 0 Å². The molecule has 9 heteroatoms. The van der Waals surface area contributed by atoms with Crippen LogP contribution in [-0.4, -0.2) is 40.1 Å². The third kappa shape index (κ3) is 4.07. The highest BCUT2D eigenvalue weighted by molar-refractivity contribution is 7.80. The minimum atomic E-state index is -0.235. The van der Waals surface area contributed by atoms with E-state index in [0.717, 1.165) is 41.1 Å². The molecule has 2 aromatic carbocycles. The summed E-state index contributed by atoms with van der Waals surface area (Å²) in [6.07, 6.45) is 0.951. The molecule has 1 N–H and O–H groups in total. The van der Waals surface area contributed by atoms with E-state index in [2.05, 4.69) is 22.3 Å². The largest absolute Gasteiger partial charge is 0.494 e. The molecular weight excluding hydrogens is 452 g/mol. The Labute approximate surface area is 203 Å². The summed E-state index contributed by atoms with van der Waals surface area (Å²) in [5.41, 5.74) is 3.70. The number of thiocarbonyl (C=S) groups is 1. The van der Waals surface area contributed by atoms with Crippen molar-refractivity contribution in [1.29, 1.82) is 0 Å². The Morgan fingerprint density at radius 2 is 1.91 bits per heavy atom. The number of fused-ring (bicyclic) bond motifs is 1. The molecule has 0 saturated carbocycles. The Hall–Kier alpha value is -3.59. The van der Waals surface area contributed by atoms with Crippen LogP contribution in [-0.2, 0) is 0 Å². The van der Waals surface area contributed by atoms with Crippen LogP contribution in [0.5, 0.6) is 17.2 Å². The second kappa shape index (κ2) is 9.34. The van der Waals surface area contributed by atoms with Gasteiger partial charge < -0.3 is 29.0 Å². The summed E-state index contributed by atoms with van der Waals surface area (Å²) in [6, 6.07) is 13.4. The Morgan fingerprint density at radius 1 is 1.12 bits per heavy atom. The van der Waals surface area contributed by atoms with Gasteiger partial charge in [-0.2, -0.15) is 4.98 Å². The third-order valence-corrected chi connectivity index (χ3v) is 6.19. The van der Waals surface area contributed by atoms with Crippen molar-refractivity contribution < 1.29 is 18.7 Å². The second-order valence-corrected chi connectivity index (χ2v) is 8.41. The molecule has 2 aliphatic heterocycles. The summed E-state index contributed by atoms with van der Waals surface area (Å²) in [6.45, 7) is 7.76. The van der Waals surface area contributed by atoms with Crippen molar-refractivity contribution in [1.82, 2.24) is 20.4 Å². The molecule has 1 atom stereocenters. The first-order chi connectivity index (χ1) is 16.6. The van der Waals surface area contributed by atoms with Gasteiger partial charge in [-0.3, -0.25) is 0 Å². The molecule has 1 unspecified atom stereocenters. The van der Waals surface area contributed by atoms with E-state index in [-0.39, 0.29) is 12.8 Å². The molecule has 0 spiro atoms. The lowest BCUT2D eigenvalue weighted by Crippen LogP contribution is -2.46. The molecule has 34 heavy (non-hydrogen) atoms. The van der Waals surface area contributed by atoms with Crippen molar-refractivity contribution in [2.24, 2.45) is 0 Å². The maximum Gasteiger partial charge on any atom is 0.258 e. The van der Waals surface area contributed by atoms with Gasteiger partial charge in [0.15, 0.2) is 16.6 Å². The van der Waals surface area contributed by atoms with Crippen molar-refractivity contribution >= 4 is 22.9 Å².